The minimum Gasteiger partial charge on any atom is -0.350 e. The largest absolute Gasteiger partial charge is 0.350 e. The fraction of sp³-hybridized carbons (Fsp3) is 0.310. The van der Waals surface area contributed by atoms with E-state index in [9.17, 15) is 9.59 Å². The van der Waals surface area contributed by atoms with Gasteiger partial charge in [0.2, 0.25) is 11.8 Å². The quantitative estimate of drug-likeness (QED) is 0.281. The Bertz CT molecular complexity index is 1170. The maximum absolute atomic E-state index is 13.7. The molecule has 4 nitrogen and oxygen atoms in total. The molecule has 0 spiro atoms. The van der Waals surface area contributed by atoms with Gasteiger partial charge >= 0.3 is 0 Å². The standard InChI is InChI=1S/C29H32BrClN2O2S/c1-29(2,3)32-28(35)26(17-21-9-5-4-6-10-21)33(18-22-11-7-13-24(30)15-22)27(34)20-36-19-23-12-8-14-25(31)16-23/h4-16,26H,17-20H2,1-3H3,(H,32,35). The van der Waals surface area contributed by atoms with Gasteiger partial charge in [-0.3, -0.25) is 9.59 Å². The molecule has 7 heteroatoms. The van der Waals surface area contributed by atoms with Crippen molar-refractivity contribution in [2.24, 2.45) is 0 Å². The highest BCUT2D eigenvalue weighted by molar-refractivity contribution is 9.10. The lowest BCUT2D eigenvalue weighted by atomic mass is 10.0. The molecule has 0 fully saturated rings. The van der Waals surface area contributed by atoms with Crippen molar-refractivity contribution in [3.05, 3.63) is 105 Å². The highest BCUT2D eigenvalue weighted by atomic mass is 79.9. The van der Waals surface area contributed by atoms with Gasteiger partial charge in [-0.05, 0) is 61.7 Å². The van der Waals surface area contributed by atoms with Crippen molar-refractivity contribution in [1.29, 1.82) is 0 Å². The van der Waals surface area contributed by atoms with E-state index in [-0.39, 0.29) is 17.6 Å². The number of halogens is 2. The molecule has 0 saturated carbocycles. The van der Waals surface area contributed by atoms with Gasteiger partial charge in [0.25, 0.3) is 0 Å². The summed E-state index contributed by atoms with van der Waals surface area (Å²) in [4.78, 5) is 29.0. The van der Waals surface area contributed by atoms with Crippen LogP contribution in [0.2, 0.25) is 5.02 Å². The summed E-state index contributed by atoms with van der Waals surface area (Å²) in [5.74, 6) is 0.685. The molecule has 36 heavy (non-hydrogen) atoms. The van der Waals surface area contributed by atoms with Crippen LogP contribution < -0.4 is 5.32 Å². The van der Waals surface area contributed by atoms with Gasteiger partial charge in [0.05, 0.1) is 5.75 Å². The Labute approximate surface area is 231 Å². The molecule has 3 rings (SSSR count). The summed E-state index contributed by atoms with van der Waals surface area (Å²) in [5.41, 5.74) is 2.60. The maximum Gasteiger partial charge on any atom is 0.243 e. The maximum atomic E-state index is 13.7. The van der Waals surface area contributed by atoms with E-state index in [4.69, 9.17) is 11.6 Å². The van der Waals surface area contributed by atoms with Crippen molar-refractivity contribution in [2.75, 3.05) is 5.75 Å². The fourth-order valence-corrected chi connectivity index (χ4v) is 5.32. The van der Waals surface area contributed by atoms with Crippen molar-refractivity contribution in [3.63, 3.8) is 0 Å². The van der Waals surface area contributed by atoms with Crippen LogP contribution in [0.25, 0.3) is 0 Å². The molecule has 190 valence electrons. The molecular formula is C29H32BrClN2O2S. The molecule has 3 aromatic rings. The number of hydrogen-bond donors (Lipinski definition) is 1. The smallest absolute Gasteiger partial charge is 0.243 e. The van der Waals surface area contributed by atoms with E-state index in [0.29, 0.717) is 23.7 Å². The average molecular weight is 588 g/mol. The van der Waals surface area contributed by atoms with Gasteiger partial charge in [0.15, 0.2) is 0 Å². The molecule has 0 aliphatic rings. The van der Waals surface area contributed by atoms with Crippen LogP contribution in [0.5, 0.6) is 0 Å². The van der Waals surface area contributed by atoms with Crippen LogP contribution in [0.1, 0.15) is 37.5 Å². The molecule has 0 aliphatic carbocycles. The molecule has 1 unspecified atom stereocenters. The van der Waals surface area contributed by atoms with Gasteiger partial charge in [-0.25, -0.2) is 0 Å². The number of carbonyl (C=O) groups excluding carboxylic acids is 2. The topological polar surface area (TPSA) is 49.4 Å². The minimum absolute atomic E-state index is 0.0769. The highest BCUT2D eigenvalue weighted by Crippen LogP contribution is 2.21. The Morgan fingerprint density at radius 2 is 1.61 bits per heavy atom. The molecule has 1 N–H and O–H groups in total. The fourth-order valence-electron chi connectivity index (χ4n) is 3.80. The summed E-state index contributed by atoms with van der Waals surface area (Å²) >= 11 is 11.2. The zero-order valence-corrected chi connectivity index (χ0v) is 24.0. The van der Waals surface area contributed by atoms with Crippen LogP contribution >= 0.6 is 39.3 Å². The molecule has 0 aliphatic heterocycles. The van der Waals surface area contributed by atoms with Crippen molar-refractivity contribution in [2.45, 2.75) is 51.1 Å². The van der Waals surface area contributed by atoms with Crippen LogP contribution in [-0.4, -0.2) is 34.0 Å². The van der Waals surface area contributed by atoms with Crippen LogP contribution in [-0.2, 0) is 28.3 Å². The monoisotopic (exact) mass is 586 g/mol. The average Bonchev–Trinajstić information content (AvgIpc) is 2.81. The first-order valence-corrected chi connectivity index (χ1v) is 14.2. The van der Waals surface area contributed by atoms with Gasteiger partial charge in [-0.15, -0.1) is 11.8 Å². The van der Waals surface area contributed by atoms with Crippen LogP contribution in [0.3, 0.4) is 0 Å². The van der Waals surface area contributed by atoms with E-state index in [1.807, 2.05) is 99.6 Å². The van der Waals surface area contributed by atoms with E-state index in [1.165, 1.54) is 11.8 Å². The van der Waals surface area contributed by atoms with E-state index in [2.05, 4.69) is 21.2 Å². The number of hydrogen-bond acceptors (Lipinski definition) is 3. The van der Waals surface area contributed by atoms with Crippen molar-refractivity contribution in [1.82, 2.24) is 10.2 Å². The molecular weight excluding hydrogens is 556 g/mol. The molecule has 0 radical (unpaired) electrons. The van der Waals surface area contributed by atoms with Gasteiger partial charge in [-0.1, -0.05) is 82.1 Å². The van der Waals surface area contributed by atoms with Gasteiger partial charge < -0.3 is 10.2 Å². The zero-order valence-electron chi connectivity index (χ0n) is 20.8. The summed E-state index contributed by atoms with van der Waals surface area (Å²) in [7, 11) is 0. The number of benzene rings is 3. The molecule has 0 heterocycles. The number of rotatable bonds is 10. The summed E-state index contributed by atoms with van der Waals surface area (Å²) in [6, 6.07) is 24.7. The number of carbonyl (C=O) groups is 2. The molecule has 1 atom stereocenters. The first-order chi connectivity index (χ1) is 17.1. The lowest BCUT2D eigenvalue weighted by Gasteiger charge is -2.34. The number of nitrogens with one attached hydrogen (secondary N) is 1. The predicted octanol–water partition coefficient (Wildman–Crippen LogP) is 6.89. The second-order valence-corrected chi connectivity index (χ2v) is 12.1. The van der Waals surface area contributed by atoms with Crippen LogP contribution in [0.4, 0.5) is 0 Å². The summed E-state index contributed by atoms with van der Waals surface area (Å²) in [5, 5.41) is 3.77. The predicted molar refractivity (Wildman–Crippen MR) is 154 cm³/mol. The second-order valence-electron chi connectivity index (χ2n) is 9.72. The van der Waals surface area contributed by atoms with Crippen molar-refractivity contribution >= 4 is 51.1 Å². The number of amides is 2. The Morgan fingerprint density at radius 1 is 0.944 bits per heavy atom. The molecule has 0 bridgehead atoms. The minimum atomic E-state index is -0.648. The zero-order chi connectivity index (χ0) is 26.1. The van der Waals surface area contributed by atoms with Gasteiger partial charge in [0.1, 0.15) is 6.04 Å². The van der Waals surface area contributed by atoms with Crippen LogP contribution in [0, 0.1) is 0 Å². The summed E-state index contributed by atoms with van der Waals surface area (Å²) in [6.07, 6.45) is 0.432. The first kappa shape index (κ1) is 28.3. The molecule has 0 aromatic heterocycles. The number of nitrogens with zero attached hydrogens (tertiary/aromatic N) is 1. The van der Waals surface area contributed by atoms with E-state index < -0.39 is 11.6 Å². The van der Waals surface area contributed by atoms with E-state index in [0.717, 1.165) is 21.2 Å². The van der Waals surface area contributed by atoms with Crippen LogP contribution in [0.15, 0.2) is 83.3 Å². The van der Waals surface area contributed by atoms with Gasteiger partial charge in [0, 0.05) is 33.8 Å². The molecule has 2 amide bonds. The lowest BCUT2D eigenvalue weighted by molar-refractivity contribution is -0.140. The Kier molecular flexibility index (Phi) is 10.5. The first-order valence-electron chi connectivity index (χ1n) is 11.8. The summed E-state index contributed by atoms with van der Waals surface area (Å²) < 4.78 is 0.932. The van der Waals surface area contributed by atoms with Crippen molar-refractivity contribution in [3.8, 4) is 0 Å². The third-order valence-electron chi connectivity index (χ3n) is 5.39. The highest BCUT2D eigenvalue weighted by Gasteiger charge is 2.32. The summed E-state index contributed by atoms with van der Waals surface area (Å²) in [6.45, 7) is 6.19. The third-order valence-corrected chi connectivity index (χ3v) is 7.11. The second kappa shape index (κ2) is 13.3. The van der Waals surface area contributed by atoms with E-state index >= 15 is 0 Å². The van der Waals surface area contributed by atoms with Gasteiger partial charge in [-0.2, -0.15) is 0 Å². The van der Waals surface area contributed by atoms with E-state index in [1.54, 1.807) is 4.90 Å². The Hall–Kier alpha value is -2.28. The lowest BCUT2D eigenvalue weighted by Crippen LogP contribution is -2.54. The Balaban J connectivity index is 1.87. The van der Waals surface area contributed by atoms with Crippen molar-refractivity contribution < 1.29 is 9.59 Å². The Morgan fingerprint density at radius 3 is 2.28 bits per heavy atom. The molecule has 3 aromatic carbocycles. The SMILES string of the molecule is CC(C)(C)NC(=O)C(Cc1ccccc1)N(Cc1cccc(Br)c1)C(=O)CSCc1cccc(Cl)c1. The third kappa shape index (κ3) is 9.30. The molecule has 0 saturated heterocycles. The number of thioether (sulfide) groups is 1. The normalized spacial score (nSPS) is 12.1.